The molecule has 84 valence electrons. The summed E-state index contributed by atoms with van der Waals surface area (Å²) in [6.45, 7) is 2.03. The molecular weight excluding hydrogens is 184 g/mol. The van der Waals surface area contributed by atoms with Crippen LogP contribution in [-0.2, 0) is 9.59 Å². The molecule has 5 heteroatoms. The van der Waals surface area contributed by atoms with Gasteiger partial charge in [-0.25, -0.2) is 0 Å². The lowest BCUT2D eigenvalue weighted by Gasteiger charge is -2.05. The molecule has 0 aliphatic carbocycles. The van der Waals surface area contributed by atoms with Gasteiger partial charge in [-0.2, -0.15) is 0 Å². The second kappa shape index (κ2) is 8.50. The highest BCUT2D eigenvalue weighted by Gasteiger charge is 2.09. The van der Waals surface area contributed by atoms with Crippen molar-refractivity contribution in [1.29, 1.82) is 0 Å². The third-order valence-electron chi connectivity index (χ3n) is 1.63. The van der Waals surface area contributed by atoms with Gasteiger partial charge in [0.15, 0.2) is 0 Å². The van der Waals surface area contributed by atoms with E-state index in [1.165, 1.54) is 6.92 Å². The fourth-order valence-corrected chi connectivity index (χ4v) is 0.877. The van der Waals surface area contributed by atoms with Crippen LogP contribution < -0.4 is 11.1 Å². The monoisotopic (exact) mass is 204 g/mol. The lowest BCUT2D eigenvalue weighted by Crippen LogP contribution is -2.30. The van der Waals surface area contributed by atoms with Crippen LogP contribution in [0.2, 0.25) is 0 Å². The maximum absolute atomic E-state index is 10.4. The van der Waals surface area contributed by atoms with Gasteiger partial charge in [-0.3, -0.25) is 9.59 Å². The first kappa shape index (κ1) is 15.4. The second-order valence-corrected chi connectivity index (χ2v) is 2.92. The molecule has 0 heterocycles. The highest BCUT2D eigenvalue weighted by Crippen LogP contribution is 1.97. The number of nitrogens with two attached hydrogens (primary N) is 1. The maximum Gasteiger partial charge on any atom is 0.320 e. The Bertz CT molecular complexity index is 183. The number of amides is 1. The smallest absolute Gasteiger partial charge is 0.320 e. The van der Waals surface area contributed by atoms with Gasteiger partial charge in [-0.1, -0.05) is 7.43 Å². The fraction of sp³-hybridized carbons (Fsp3) is 0.778. The van der Waals surface area contributed by atoms with Crippen molar-refractivity contribution in [3.63, 3.8) is 0 Å². The first-order valence-electron chi connectivity index (χ1n) is 4.27. The molecule has 0 saturated carbocycles. The normalized spacial score (nSPS) is 11.3. The molecule has 0 aromatic carbocycles. The number of carboxylic acid groups (broad SMARTS) is 1. The van der Waals surface area contributed by atoms with Gasteiger partial charge in [0.05, 0.1) is 0 Å². The molecule has 5 nitrogen and oxygen atoms in total. The van der Waals surface area contributed by atoms with E-state index in [4.69, 9.17) is 10.8 Å². The van der Waals surface area contributed by atoms with Crippen molar-refractivity contribution in [1.82, 2.24) is 5.32 Å². The summed E-state index contributed by atoms with van der Waals surface area (Å²) in [5, 5.41) is 11.1. The highest BCUT2D eigenvalue weighted by molar-refractivity contribution is 5.73. The molecule has 14 heavy (non-hydrogen) atoms. The largest absolute Gasteiger partial charge is 0.480 e. The number of carbonyl (C=O) groups is 2. The molecule has 0 spiro atoms. The van der Waals surface area contributed by atoms with E-state index < -0.39 is 12.0 Å². The van der Waals surface area contributed by atoms with Crippen LogP contribution in [0.25, 0.3) is 0 Å². The van der Waals surface area contributed by atoms with Crippen molar-refractivity contribution in [2.75, 3.05) is 6.54 Å². The lowest BCUT2D eigenvalue weighted by molar-refractivity contribution is -0.138. The van der Waals surface area contributed by atoms with Crippen molar-refractivity contribution in [3.05, 3.63) is 0 Å². The summed E-state index contributed by atoms with van der Waals surface area (Å²) in [6.07, 6.45) is 1.93. The Balaban J connectivity index is 0. The van der Waals surface area contributed by atoms with Crippen LogP contribution in [0.3, 0.4) is 0 Å². The van der Waals surface area contributed by atoms with E-state index >= 15 is 0 Å². The van der Waals surface area contributed by atoms with Gasteiger partial charge >= 0.3 is 5.97 Å². The third kappa shape index (κ3) is 8.99. The molecule has 1 atom stereocenters. The van der Waals surface area contributed by atoms with Gasteiger partial charge in [-0.15, -0.1) is 0 Å². The molecule has 0 radical (unpaired) electrons. The van der Waals surface area contributed by atoms with Gasteiger partial charge in [0.1, 0.15) is 6.04 Å². The van der Waals surface area contributed by atoms with E-state index in [0.29, 0.717) is 19.4 Å². The third-order valence-corrected chi connectivity index (χ3v) is 1.63. The van der Waals surface area contributed by atoms with E-state index in [1.54, 1.807) is 0 Å². The average Bonchev–Trinajstić information content (AvgIpc) is 2.02. The number of hydrogen-bond donors (Lipinski definition) is 3. The van der Waals surface area contributed by atoms with Crippen LogP contribution in [0, 0.1) is 0 Å². The maximum atomic E-state index is 10.4. The Labute approximate surface area is 84.7 Å². The average molecular weight is 204 g/mol. The van der Waals surface area contributed by atoms with E-state index in [0.717, 1.165) is 6.42 Å². The first-order chi connectivity index (χ1) is 6.04. The van der Waals surface area contributed by atoms with Crippen LogP contribution in [-0.4, -0.2) is 29.6 Å². The topological polar surface area (TPSA) is 92.4 Å². The number of carbonyl (C=O) groups excluding carboxylic acids is 1. The molecule has 4 N–H and O–H groups in total. The summed E-state index contributed by atoms with van der Waals surface area (Å²) in [6, 6.07) is -0.780. The lowest BCUT2D eigenvalue weighted by atomic mass is 10.1. The first-order valence-corrected chi connectivity index (χ1v) is 4.27. The van der Waals surface area contributed by atoms with Gasteiger partial charge in [0.25, 0.3) is 0 Å². The number of rotatable bonds is 6. The van der Waals surface area contributed by atoms with E-state index in [9.17, 15) is 9.59 Å². The standard InChI is InChI=1S/C8H16N2O3.CH4/c1-6(11)10-5-3-2-4-7(9)8(12)13;/h7H,2-5,9H2,1H3,(H,10,11)(H,12,13);1H4. The summed E-state index contributed by atoms with van der Waals surface area (Å²) >= 11 is 0. The van der Waals surface area contributed by atoms with Crippen molar-refractivity contribution >= 4 is 11.9 Å². The predicted octanol–water partition coefficient (Wildman–Crippen LogP) is 0.341. The van der Waals surface area contributed by atoms with E-state index in [-0.39, 0.29) is 13.3 Å². The molecule has 0 aliphatic heterocycles. The SMILES string of the molecule is C.CC(=O)NCCCCC(N)C(=O)O. The number of nitrogens with one attached hydrogen (secondary N) is 1. The highest BCUT2D eigenvalue weighted by atomic mass is 16.4. The molecule has 0 bridgehead atoms. The predicted molar refractivity (Wildman–Crippen MR) is 54.9 cm³/mol. The number of hydrogen-bond acceptors (Lipinski definition) is 3. The van der Waals surface area contributed by atoms with Crippen molar-refractivity contribution in [3.8, 4) is 0 Å². The molecular formula is C9H20N2O3. The van der Waals surface area contributed by atoms with Crippen LogP contribution in [0.15, 0.2) is 0 Å². The van der Waals surface area contributed by atoms with Crippen LogP contribution in [0.4, 0.5) is 0 Å². The van der Waals surface area contributed by atoms with Gasteiger partial charge in [0.2, 0.25) is 5.91 Å². The number of unbranched alkanes of at least 4 members (excludes halogenated alkanes) is 1. The number of carboxylic acids is 1. The Hall–Kier alpha value is -1.10. The Kier molecular flexibility index (Phi) is 9.33. The van der Waals surface area contributed by atoms with E-state index in [2.05, 4.69) is 5.32 Å². The molecule has 1 amide bonds. The Morgan fingerprint density at radius 3 is 2.43 bits per heavy atom. The molecule has 0 rings (SSSR count). The molecule has 0 aromatic rings. The molecule has 1 unspecified atom stereocenters. The van der Waals surface area contributed by atoms with Gasteiger partial charge in [-0.05, 0) is 19.3 Å². The zero-order valence-corrected chi connectivity index (χ0v) is 7.75. The molecule has 0 saturated heterocycles. The van der Waals surface area contributed by atoms with E-state index in [1.807, 2.05) is 0 Å². The second-order valence-electron chi connectivity index (χ2n) is 2.92. The minimum absolute atomic E-state index is 0. The zero-order valence-electron chi connectivity index (χ0n) is 7.75. The molecule has 0 fully saturated rings. The van der Waals surface area contributed by atoms with Crippen molar-refractivity contribution in [2.24, 2.45) is 5.73 Å². The minimum Gasteiger partial charge on any atom is -0.480 e. The number of aliphatic carboxylic acids is 1. The summed E-state index contributed by atoms with van der Waals surface area (Å²) in [5.74, 6) is -1.04. The molecule has 0 aliphatic rings. The van der Waals surface area contributed by atoms with Crippen molar-refractivity contribution < 1.29 is 14.7 Å². The fourth-order valence-electron chi connectivity index (χ4n) is 0.877. The minimum atomic E-state index is -0.973. The summed E-state index contributed by atoms with van der Waals surface area (Å²) in [5.41, 5.74) is 5.27. The van der Waals surface area contributed by atoms with Crippen molar-refractivity contribution in [2.45, 2.75) is 39.7 Å². The molecule has 0 aromatic heterocycles. The van der Waals surface area contributed by atoms with Crippen LogP contribution in [0.5, 0.6) is 0 Å². The Morgan fingerprint density at radius 1 is 1.43 bits per heavy atom. The van der Waals surface area contributed by atoms with Gasteiger partial charge < -0.3 is 16.2 Å². The summed E-state index contributed by atoms with van der Waals surface area (Å²) in [4.78, 5) is 20.7. The summed E-state index contributed by atoms with van der Waals surface area (Å²) < 4.78 is 0. The van der Waals surface area contributed by atoms with Crippen LogP contribution in [0.1, 0.15) is 33.6 Å². The van der Waals surface area contributed by atoms with Crippen LogP contribution >= 0.6 is 0 Å². The zero-order chi connectivity index (χ0) is 10.3. The summed E-state index contributed by atoms with van der Waals surface area (Å²) in [7, 11) is 0. The quantitative estimate of drug-likeness (QED) is 0.544. The van der Waals surface area contributed by atoms with Gasteiger partial charge in [0, 0.05) is 13.5 Å². The Morgan fingerprint density at radius 2 is 2.00 bits per heavy atom.